The van der Waals surface area contributed by atoms with Gasteiger partial charge in [-0.15, -0.1) is 0 Å². The molecule has 3 atom stereocenters. The van der Waals surface area contributed by atoms with Crippen LogP contribution in [-0.2, 0) is 27.5 Å². The number of benzene rings is 4. The third kappa shape index (κ3) is 7.14. The van der Waals surface area contributed by atoms with Crippen molar-refractivity contribution < 1.29 is 28.6 Å². The Morgan fingerprint density at radius 2 is 1.54 bits per heavy atom. The van der Waals surface area contributed by atoms with Crippen LogP contribution in [-0.4, -0.2) is 84.5 Å². The van der Waals surface area contributed by atoms with Gasteiger partial charge >= 0.3 is 0 Å². The van der Waals surface area contributed by atoms with Crippen LogP contribution in [0.5, 0.6) is 5.75 Å². The lowest BCUT2D eigenvalue weighted by molar-refractivity contribution is -0.136. The molecule has 0 spiro atoms. The Morgan fingerprint density at radius 1 is 0.786 bits per heavy atom. The maximum absolute atomic E-state index is 14.6. The molecule has 5 aliphatic rings. The number of imide groups is 1. The summed E-state index contributed by atoms with van der Waals surface area (Å²) in [7, 11) is 0. The molecule has 10 nitrogen and oxygen atoms in total. The van der Waals surface area contributed by atoms with Crippen molar-refractivity contribution in [3.05, 3.63) is 124 Å². The molecule has 5 heterocycles. The van der Waals surface area contributed by atoms with E-state index in [0.717, 1.165) is 97.7 Å². The SMILES string of the molecule is Cc1cc(F)cc([C@@H]2OCc3cc(O)ccc3[C@@H]2c2ccc(N3CCC(CN4CCN(c5ccc6c(c5)CN([C@H]5CCC(=O)NC5=O)C6=O)CC4)CC3)cc2)c1. The summed E-state index contributed by atoms with van der Waals surface area (Å²) in [5.41, 5.74) is 8.73. The van der Waals surface area contributed by atoms with Gasteiger partial charge < -0.3 is 24.5 Å². The van der Waals surface area contributed by atoms with E-state index in [4.69, 9.17) is 4.74 Å². The predicted octanol–water partition coefficient (Wildman–Crippen LogP) is 6.04. The molecule has 3 fully saturated rings. The van der Waals surface area contributed by atoms with Crippen LogP contribution in [0.2, 0.25) is 0 Å². The van der Waals surface area contributed by atoms with E-state index in [1.807, 2.05) is 31.2 Å². The second-order valence-electron chi connectivity index (χ2n) is 16.2. The zero-order valence-corrected chi connectivity index (χ0v) is 31.8. The molecule has 3 saturated heterocycles. The van der Waals surface area contributed by atoms with E-state index in [0.29, 0.717) is 31.1 Å². The van der Waals surface area contributed by atoms with Gasteiger partial charge in [0.05, 0.1) is 12.7 Å². The molecule has 0 radical (unpaired) electrons. The van der Waals surface area contributed by atoms with Gasteiger partial charge in [0.15, 0.2) is 0 Å². The molecule has 3 amide bonds. The largest absolute Gasteiger partial charge is 0.508 e. The maximum Gasteiger partial charge on any atom is 0.255 e. The molecule has 0 unspecified atom stereocenters. The normalized spacial score (nSPS) is 23.3. The van der Waals surface area contributed by atoms with Crippen molar-refractivity contribution in [2.45, 2.75) is 63.8 Å². The molecule has 4 aromatic rings. The first-order valence-corrected chi connectivity index (χ1v) is 20.0. The second kappa shape index (κ2) is 15.0. The Labute approximate surface area is 326 Å². The number of phenols is 1. The van der Waals surface area contributed by atoms with Gasteiger partial charge in [-0.1, -0.05) is 24.3 Å². The highest BCUT2D eigenvalue weighted by molar-refractivity contribution is 6.05. The molecule has 5 aliphatic heterocycles. The second-order valence-corrected chi connectivity index (χ2v) is 16.2. The number of hydrogen-bond acceptors (Lipinski definition) is 8. The fraction of sp³-hybridized carbons (Fsp3) is 0.400. The van der Waals surface area contributed by atoms with E-state index in [2.05, 4.69) is 50.3 Å². The van der Waals surface area contributed by atoms with E-state index in [9.17, 15) is 23.9 Å². The Morgan fingerprint density at radius 3 is 2.29 bits per heavy atom. The van der Waals surface area contributed by atoms with Crippen LogP contribution in [0.3, 0.4) is 0 Å². The number of carbonyl (C=O) groups excluding carboxylic acids is 3. The predicted molar refractivity (Wildman–Crippen MR) is 211 cm³/mol. The first-order chi connectivity index (χ1) is 27.2. The average molecular weight is 758 g/mol. The fourth-order valence-electron chi connectivity index (χ4n) is 9.61. The third-order valence-electron chi connectivity index (χ3n) is 12.6. The number of amides is 3. The summed E-state index contributed by atoms with van der Waals surface area (Å²) < 4.78 is 20.9. The van der Waals surface area contributed by atoms with Crippen molar-refractivity contribution in [2.75, 3.05) is 55.6 Å². The minimum Gasteiger partial charge on any atom is -0.508 e. The zero-order chi connectivity index (χ0) is 38.5. The van der Waals surface area contributed by atoms with Crippen molar-refractivity contribution >= 4 is 29.1 Å². The molecule has 0 bridgehead atoms. The highest BCUT2D eigenvalue weighted by Gasteiger charge is 2.39. The van der Waals surface area contributed by atoms with Crippen molar-refractivity contribution in [2.24, 2.45) is 5.92 Å². The summed E-state index contributed by atoms with van der Waals surface area (Å²) in [5, 5.41) is 12.6. The van der Waals surface area contributed by atoms with Crippen LogP contribution in [0, 0.1) is 18.7 Å². The molecule has 0 saturated carbocycles. The number of halogens is 1. The van der Waals surface area contributed by atoms with Gasteiger partial charge in [-0.25, -0.2) is 4.39 Å². The van der Waals surface area contributed by atoms with E-state index < -0.39 is 6.04 Å². The molecular formula is C45H48FN5O5. The smallest absolute Gasteiger partial charge is 0.255 e. The van der Waals surface area contributed by atoms with Gasteiger partial charge in [0.1, 0.15) is 17.6 Å². The highest BCUT2D eigenvalue weighted by Crippen LogP contribution is 2.46. The highest BCUT2D eigenvalue weighted by atomic mass is 19.1. The summed E-state index contributed by atoms with van der Waals surface area (Å²) >= 11 is 0. The lowest BCUT2D eigenvalue weighted by atomic mass is 9.79. The Hall–Kier alpha value is -5.26. The van der Waals surface area contributed by atoms with Crippen molar-refractivity contribution in [3.63, 3.8) is 0 Å². The number of piperazine rings is 1. The molecule has 2 N–H and O–H groups in total. The minimum absolute atomic E-state index is 0.136. The number of fused-ring (bicyclic) bond motifs is 2. The topological polar surface area (TPSA) is 106 Å². The molecule has 11 heteroatoms. The number of rotatable bonds is 7. The monoisotopic (exact) mass is 757 g/mol. The van der Waals surface area contributed by atoms with Gasteiger partial charge in [-0.2, -0.15) is 0 Å². The molecule has 290 valence electrons. The van der Waals surface area contributed by atoms with Gasteiger partial charge in [0, 0.05) is 81.6 Å². The molecule has 56 heavy (non-hydrogen) atoms. The molecular weight excluding hydrogens is 710 g/mol. The number of ether oxygens (including phenoxy) is 1. The first kappa shape index (κ1) is 36.4. The Balaban J connectivity index is 0.790. The lowest BCUT2D eigenvalue weighted by Crippen LogP contribution is -2.52. The number of aryl methyl sites for hydroxylation is 1. The van der Waals surface area contributed by atoms with Gasteiger partial charge in [-0.3, -0.25) is 24.6 Å². The van der Waals surface area contributed by atoms with Crippen LogP contribution in [0.4, 0.5) is 15.8 Å². The summed E-state index contributed by atoms with van der Waals surface area (Å²) in [6, 6.07) is 24.8. The number of aromatic hydroxyl groups is 1. The molecule has 0 aromatic heterocycles. The van der Waals surface area contributed by atoms with Crippen LogP contribution >= 0.6 is 0 Å². The van der Waals surface area contributed by atoms with Gasteiger partial charge in [0.25, 0.3) is 5.91 Å². The molecule has 9 rings (SSSR count). The number of phenolic OH excluding ortho intramolecular Hbond substituents is 1. The van der Waals surface area contributed by atoms with E-state index in [1.54, 1.807) is 23.1 Å². The number of hydrogen-bond donors (Lipinski definition) is 2. The van der Waals surface area contributed by atoms with Crippen molar-refractivity contribution in [1.29, 1.82) is 0 Å². The number of carbonyl (C=O) groups is 3. The van der Waals surface area contributed by atoms with Crippen molar-refractivity contribution in [1.82, 2.24) is 15.1 Å². The molecule has 4 aromatic carbocycles. The van der Waals surface area contributed by atoms with E-state index in [1.165, 1.54) is 11.8 Å². The fourth-order valence-corrected chi connectivity index (χ4v) is 9.61. The number of nitrogens with zero attached hydrogens (tertiary/aromatic N) is 4. The third-order valence-corrected chi connectivity index (χ3v) is 12.6. The standard InChI is InChI=1S/C45H48FN5O5/c1-28-20-31(22-34(46)21-28)43-42(38-9-7-37(52)24-33(38)27-56-43)30-2-4-35(5-3-30)49-14-12-29(13-15-49)25-48-16-18-50(19-17-48)36-6-8-39-32(23-36)26-51(45(39)55)40-10-11-41(53)47-44(40)54/h2-9,20-24,29,40,42-43,52H,10-19,25-27H2,1H3,(H,47,53,54)/t40-,42-,43-/m0/s1. The maximum atomic E-state index is 14.6. The van der Waals surface area contributed by atoms with Crippen LogP contribution in [0.15, 0.2) is 78.9 Å². The van der Waals surface area contributed by atoms with Crippen molar-refractivity contribution in [3.8, 4) is 5.75 Å². The van der Waals surface area contributed by atoms with Gasteiger partial charge in [-0.05, 0) is 120 Å². The molecule has 0 aliphatic carbocycles. The van der Waals surface area contributed by atoms with Crippen LogP contribution in [0.1, 0.15) is 81.4 Å². The van der Waals surface area contributed by atoms with E-state index in [-0.39, 0.29) is 47.7 Å². The van der Waals surface area contributed by atoms with Crippen LogP contribution < -0.4 is 15.1 Å². The summed E-state index contributed by atoms with van der Waals surface area (Å²) in [6.07, 6.45) is 2.55. The van der Waals surface area contributed by atoms with E-state index >= 15 is 0 Å². The summed E-state index contributed by atoms with van der Waals surface area (Å²) in [6.45, 7) is 9.59. The Bertz CT molecular complexity index is 2140. The Kier molecular flexibility index (Phi) is 9.75. The number of nitrogens with one attached hydrogen (secondary N) is 1. The van der Waals surface area contributed by atoms with Gasteiger partial charge in [0.2, 0.25) is 11.8 Å². The number of anilines is 2. The number of piperidine rings is 2. The lowest BCUT2D eigenvalue weighted by Gasteiger charge is -2.40. The summed E-state index contributed by atoms with van der Waals surface area (Å²) in [4.78, 5) is 46.3. The first-order valence-electron chi connectivity index (χ1n) is 20.0. The zero-order valence-electron chi connectivity index (χ0n) is 31.8. The minimum atomic E-state index is -0.600. The van der Waals surface area contributed by atoms with Crippen LogP contribution in [0.25, 0.3) is 0 Å². The summed E-state index contributed by atoms with van der Waals surface area (Å²) in [5.74, 6) is -0.343. The average Bonchev–Trinajstić information content (AvgIpc) is 3.52. The quantitative estimate of drug-likeness (QED) is 0.220.